The number of likely N-dealkylation sites (tertiary alicyclic amines) is 2. The van der Waals surface area contributed by atoms with Crippen molar-refractivity contribution in [1.29, 1.82) is 0 Å². The van der Waals surface area contributed by atoms with Gasteiger partial charge in [-0.2, -0.15) is 0 Å². The zero-order chi connectivity index (χ0) is 37.8. The number of aromatic nitrogens is 6. The summed E-state index contributed by atoms with van der Waals surface area (Å²) in [5.74, 6) is 3.36. The first-order chi connectivity index (χ1) is 26.6. The Labute approximate surface area is 321 Å². The highest BCUT2D eigenvalue weighted by Crippen LogP contribution is 2.53. The van der Waals surface area contributed by atoms with Gasteiger partial charge in [0.05, 0.1) is 29.0 Å². The third-order valence-electron chi connectivity index (χ3n) is 12.1. The van der Waals surface area contributed by atoms with Gasteiger partial charge in [0, 0.05) is 37.5 Å². The molecule has 3 fully saturated rings. The van der Waals surface area contributed by atoms with Gasteiger partial charge < -0.3 is 25.1 Å². The van der Waals surface area contributed by atoms with Crippen molar-refractivity contribution in [3.8, 4) is 22.4 Å². The predicted molar refractivity (Wildman–Crippen MR) is 215 cm³/mol. The fourth-order valence-corrected chi connectivity index (χ4v) is 9.27. The van der Waals surface area contributed by atoms with E-state index >= 15 is 0 Å². The van der Waals surface area contributed by atoms with Crippen LogP contribution in [0.4, 0.5) is 5.95 Å². The van der Waals surface area contributed by atoms with Crippen LogP contribution in [0.1, 0.15) is 83.9 Å². The third kappa shape index (κ3) is 6.43. The van der Waals surface area contributed by atoms with Crippen LogP contribution in [0.25, 0.3) is 44.2 Å². The maximum atomic E-state index is 14.3. The molecule has 55 heavy (non-hydrogen) atoms. The van der Waals surface area contributed by atoms with Crippen molar-refractivity contribution in [3.63, 3.8) is 0 Å². The number of carbonyl (C=O) groups is 2. The van der Waals surface area contributed by atoms with Gasteiger partial charge >= 0.3 is 0 Å². The van der Waals surface area contributed by atoms with E-state index in [0.29, 0.717) is 24.2 Å². The number of fused-ring (bicyclic) bond motifs is 4. The van der Waals surface area contributed by atoms with Gasteiger partial charge in [-0.3, -0.25) is 9.59 Å². The van der Waals surface area contributed by atoms with E-state index in [1.807, 2.05) is 11.1 Å². The van der Waals surface area contributed by atoms with E-state index in [4.69, 9.17) is 9.97 Å². The Kier molecular flexibility index (Phi) is 8.90. The number of amides is 2. The van der Waals surface area contributed by atoms with Crippen LogP contribution in [0.2, 0.25) is 0 Å². The normalized spacial score (nSPS) is 21.4. The van der Waals surface area contributed by atoms with E-state index in [0.717, 1.165) is 101 Å². The number of rotatable bonds is 10. The molecule has 9 rings (SSSR count). The minimum absolute atomic E-state index is 0.00984. The second-order valence-electron chi connectivity index (χ2n) is 16.6. The molecule has 3 aliphatic rings. The van der Waals surface area contributed by atoms with E-state index in [1.54, 1.807) is 18.5 Å². The Morgan fingerprint density at radius 2 is 1.65 bits per heavy atom. The molecule has 0 spiro atoms. The summed E-state index contributed by atoms with van der Waals surface area (Å²) in [6.07, 6.45) is 10.7. The molecule has 3 aromatic carbocycles. The van der Waals surface area contributed by atoms with Gasteiger partial charge in [-0.05, 0) is 102 Å². The number of nitrogens with one attached hydrogen (secondary N) is 3. The molecule has 1 aliphatic carbocycles. The fourth-order valence-electron chi connectivity index (χ4n) is 9.27. The summed E-state index contributed by atoms with van der Waals surface area (Å²) < 4.78 is 0. The van der Waals surface area contributed by atoms with E-state index in [2.05, 4.69) is 112 Å². The van der Waals surface area contributed by atoms with Crippen LogP contribution in [0.5, 0.6) is 0 Å². The largest absolute Gasteiger partial charge is 0.342 e. The zero-order valence-corrected chi connectivity index (χ0v) is 32.0. The van der Waals surface area contributed by atoms with Crippen molar-refractivity contribution >= 4 is 39.6 Å². The number of aromatic amines is 2. The van der Waals surface area contributed by atoms with Crippen molar-refractivity contribution in [2.45, 2.75) is 83.8 Å². The SMILES string of the molecule is CC(C)CC(=O)N1CCC[C@H]1c1ncc(-c2ccc3cc(-c4ccc5nc(C67CCC(CN6C(=O)[C@@H](Nc6ncccn6)C(C)C)C7)[nH]c5c4)ccc3c2)[nH]1. The molecule has 3 N–H and O–H groups in total. The van der Waals surface area contributed by atoms with Crippen molar-refractivity contribution in [3.05, 3.63) is 90.9 Å². The standard InChI is InChI=1S/C44H49N9O2/c1-26(2)19-38(54)52-18-5-7-37(52)40-47-24-36(48-40)33-11-10-29-20-30(8-9-31(29)21-33)32-12-13-34-35(22-32)50-42(49-34)44-15-14-28(23-44)25-53(44)41(55)39(27(3)4)51-43-45-16-6-17-46-43/h6,8-13,16-17,20-22,24,26-28,37,39H,5,7,14-15,18-19,23,25H2,1-4H3,(H,47,48)(H,49,50)(H,45,46,51)/t28?,37-,39-,44?/m0/s1. The fraction of sp³-hybridized carbons (Fsp3) is 0.409. The van der Waals surface area contributed by atoms with Crippen molar-refractivity contribution in [2.24, 2.45) is 17.8 Å². The van der Waals surface area contributed by atoms with Gasteiger partial charge in [0.15, 0.2) is 0 Å². The summed E-state index contributed by atoms with van der Waals surface area (Å²) in [6, 6.07) is 20.8. The molecule has 0 radical (unpaired) electrons. The zero-order valence-electron chi connectivity index (χ0n) is 32.0. The average molecular weight is 736 g/mol. The Bertz CT molecular complexity index is 2380. The number of hydrogen-bond acceptors (Lipinski definition) is 7. The van der Waals surface area contributed by atoms with Crippen LogP contribution in [0.3, 0.4) is 0 Å². The quantitative estimate of drug-likeness (QED) is 0.129. The molecular weight excluding hydrogens is 687 g/mol. The summed E-state index contributed by atoms with van der Waals surface area (Å²) in [5.41, 5.74) is 5.68. The lowest BCUT2D eigenvalue weighted by Crippen LogP contribution is -2.53. The average Bonchev–Trinajstić information content (AvgIpc) is 4.04. The van der Waals surface area contributed by atoms with E-state index < -0.39 is 11.6 Å². The molecule has 6 aromatic rings. The van der Waals surface area contributed by atoms with E-state index in [1.165, 1.54) is 0 Å². The van der Waals surface area contributed by atoms with Gasteiger partial charge in [0.2, 0.25) is 17.8 Å². The molecule has 5 heterocycles. The first-order valence-electron chi connectivity index (χ1n) is 19.9. The van der Waals surface area contributed by atoms with Crippen molar-refractivity contribution in [2.75, 3.05) is 18.4 Å². The van der Waals surface area contributed by atoms with Crippen LogP contribution in [0, 0.1) is 17.8 Å². The number of carbonyl (C=O) groups excluding carboxylic acids is 2. The smallest absolute Gasteiger partial charge is 0.246 e. The molecule has 3 aromatic heterocycles. The Balaban J connectivity index is 0.950. The van der Waals surface area contributed by atoms with E-state index in [-0.39, 0.29) is 23.8 Å². The summed E-state index contributed by atoms with van der Waals surface area (Å²) in [6.45, 7) is 9.84. The summed E-state index contributed by atoms with van der Waals surface area (Å²) >= 11 is 0. The molecular formula is C44H49N9O2. The second kappa shape index (κ2) is 13.9. The molecule has 2 saturated heterocycles. The highest BCUT2D eigenvalue weighted by molar-refractivity contribution is 5.92. The van der Waals surface area contributed by atoms with Gasteiger partial charge in [0.25, 0.3) is 0 Å². The van der Waals surface area contributed by atoms with Gasteiger partial charge in [0.1, 0.15) is 23.2 Å². The number of nitrogens with zero attached hydrogens (tertiary/aromatic N) is 6. The maximum absolute atomic E-state index is 14.3. The number of benzene rings is 3. The van der Waals surface area contributed by atoms with Crippen molar-refractivity contribution < 1.29 is 9.59 Å². The number of anilines is 1. The highest BCUT2D eigenvalue weighted by atomic mass is 16.2. The van der Waals surface area contributed by atoms with Crippen molar-refractivity contribution in [1.82, 2.24) is 39.7 Å². The lowest BCUT2D eigenvalue weighted by atomic mass is 9.93. The summed E-state index contributed by atoms with van der Waals surface area (Å²) in [5, 5.41) is 5.61. The molecule has 2 aliphatic heterocycles. The molecule has 11 nitrogen and oxygen atoms in total. The predicted octanol–water partition coefficient (Wildman–Crippen LogP) is 8.25. The first kappa shape index (κ1) is 35.1. The molecule has 11 heteroatoms. The number of hydrogen-bond donors (Lipinski definition) is 3. The minimum Gasteiger partial charge on any atom is -0.342 e. The minimum atomic E-state index is -0.453. The number of piperidine rings is 1. The topological polar surface area (TPSA) is 136 Å². The monoisotopic (exact) mass is 735 g/mol. The Morgan fingerprint density at radius 1 is 0.909 bits per heavy atom. The molecule has 282 valence electrons. The van der Waals surface area contributed by atoms with Gasteiger partial charge in [-0.25, -0.2) is 19.9 Å². The highest BCUT2D eigenvalue weighted by Gasteiger charge is 2.56. The maximum Gasteiger partial charge on any atom is 0.246 e. The van der Waals surface area contributed by atoms with Crippen LogP contribution >= 0.6 is 0 Å². The number of imidazole rings is 2. The van der Waals surface area contributed by atoms with Crippen LogP contribution in [0.15, 0.2) is 79.3 Å². The Morgan fingerprint density at radius 3 is 2.42 bits per heavy atom. The summed E-state index contributed by atoms with van der Waals surface area (Å²) in [7, 11) is 0. The van der Waals surface area contributed by atoms with E-state index in [9.17, 15) is 9.59 Å². The number of H-pyrrole nitrogens is 2. The third-order valence-corrected chi connectivity index (χ3v) is 12.1. The summed E-state index contributed by atoms with van der Waals surface area (Å²) in [4.78, 5) is 57.1. The molecule has 2 unspecified atom stereocenters. The van der Waals surface area contributed by atoms with Crippen LogP contribution < -0.4 is 5.32 Å². The van der Waals surface area contributed by atoms with Crippen LogP contribution in [-0.4, -0.2) is 70.6 Å². The van der Waals surface area contributed by atoms with Crippen LogP contribution in [-0.2, 0) is 15.1 Å². The Hall–Kier alpha value is -5.58. The molecule has 1 saturated carbocycles. The van der Waals surface area contributed by atoms with Gasteiger partial charge in [-0.15, -0.1) is 0 Å². The molecule has 2 amide bonds. The lowest BCUT2D eigenvalue weighted by molar-refractivity contribution is -0.139. The lowest BCUT2D eigenvalue weighted by Gasteiger charge is -2.40. The molecule has 2 bridgehead atoms. The first-order valence-corrected chi connectivity index (χ1v) is 19.9. The van der Waals surface area contributed by atoms with Gasteiger partial charge in [-0.1, -0.05) is 58.0 Å². The molecule has 4 atom stereocenters. The second-order valence-corrected chi connectivity index (χ2v) is 16.6.